The van der Waals surface area contributed by atoms with Crippen LogP contribution in [0, 0.1) is 0 Å². The van der Waals surface area contributed by atoms with E-state index in [0.717, 1.165) is 11.1 Å². The SMILES string of the molecule is CCOC(=O)C(N)(CC)c1cc(-c2ccccc2)ccc1OC. The normalized spacial score (nSPS) is 13.2. The van der Waals surface area contributed by atoms with Gasteiger partial charge in [0.2, 0.25) is 0 Å². The van der Waals surface area contributed by atoms with E-state index in [-0.39, 0.29) is 0 Å². The summed E-state index contributed by atoms with van der Waals surface area (Å²) in [6.07, 6.45) is 0.417. The highest BCUT2D eigenvalue weighted by Gasteiger charge is 2.38. The quantitative estimate of drug-likeness (QED) is 0.829. The van der Waals surface area contributed by atoms with E-state index >= 15 is 0 Å². The van der Waals surface area contributed by atoms with Crippen LogP contribution in [0.5, 0.6) is 5.75 Å². The Morgan fingerprint density at radius 2 is 1.78 bits per heavy atom. The summed E-state index contributed by atoms with van der Waals surface area (Å²) in [4.78, 5) is 12.4. The maximum Gasteiger partial charge on any atom is 0.330 e. The van der Waals surface area contributed by atoms with Crippen LogP contribution in [0.2, 0.25) is 0 Å². The maximum atomic E-state index is 12.4. The van der Waals surface area contributed by atoms with Crippen LogP contribution in [-0.4, -0.2) is 19.7 Å². The standard InChI is InChI=1S/C19H23NO3/c1-4-19(20,18(21)23-5-2)16-13-15(11-12-17(16)22-3)14-9-7-6-8-10-14/h6-13H,4-5,20H2,1-3H3. The molecule has 0 heterocycles. The summed E-state index contributed by atoms with van der Waals surface area (Å²) in [5.74, 6) is 0.146. The van der Waals surface area contributed by atoms with E-state index in [1.54, 1.807) is 14.0 Å². The summed E-state index contributed by atoms with van der Waals surface area (Å²) >= 11 is 0. The van der Waals surface area contributed by atoms with Gasteiger partial charge in [-0.3, -0.25) is 0 Å². The molecule has 0 saturated heterocycles. The first kappa shape index (κ1) is 17.0. The molecule has 2 N–H and O–H groups in total. The van der Waals surface area contributed by atoms with Crippen molar-refractivity contribution in [2.75, 3.05) is 13.7 Å². The number of benzene rings is 2. The van der Waals surface area contributed by atoms with E-state index in [0.29, 0.717) is 24.3 Å². The van der Waals surface area contributed by atoms with Crippen LogP contribution < -0.4 is 10.5 Å². The van der Waals surface area contributed by atoms with Crippen molar-refractivity contribution in [1.29, 1.82) is 0 Å². The fraction of sp³-hybridized carbons (Fsp3) is 0.316. The highest BCUT2D eigenvalue weighted by Crippen LogP contribution is 2.35. The van der Waals surface area contributed by atoms with Crippen LogP contribution in [0.15, 0.2) is 48.5 Å². The molecule has 0 amide bonds. The lowest BCUT2D eigenvalue weighted by Gasteiger charge is -2.28. The Labute approximate surface area is 137 Å². The molecule has 2 aromatic rings. The molecule has 4 nitrogen and oxygen atoms in total. The van der Waals surface area contributed by atoms with Gasteiger partial charge >= 0.3 is 5.97 Å². The summed E-state index contributed by atoms with van der Waals surface area (Å²) in [7, 11) is 1.57. The molecule has 23 heavy (non-hydrogen) atoms. The number of carbonyl (C=O) groups excluding carboxylic acids is 1. The van der Waals surface area contributed by atoms with E-state index in [9.17, 15) is 4.79 Å². The topological polar surface area (TPSA) is 61.5 Å². The van der Waals surface area contributed by atoms with E-state index in [4.69, 9.17) is 15.2 Å². The van der Waals surface area contributed by atoms with Crippen molar-refractivity contribution in [1.82, 2.24) is 0 Å². The average Bonchev–Trinajstić information content (AvgIpc) is 2.61. The van der Waals surface area contributed by atoms with Crippen molar-refractivity contribution in [3.05, 3.63) is 54.1 Å². The van der Waals surface area contributed by atoms with Gasteiger partial charge < -0.3 is 15.2 Å². The van der Waals surface area contributed by atoms with Crippen LogP contribution in [-0.2, 0) is 15.1 Å². The van der Waals surface area contributed by atoms with Crippen LogP contribution in [0.4, 0.5) is 0 Å². The highest BCUT2D eigenvalue weighted by atomic mass is 16.5. The van der Waals surface area contributed by atoms with Gasteiger partial charge in [-0.2, -0.15) is 0 Å². The highest BCUT2D eigenvalue weighted by molar-refractivity contribution is 5.84. The monoisotopic (exact) mass is 313 g/mol. The molecule has 2 rings (SSSR count). The lowest BCUT2D eigenvalue weighted by molar-refractivity contribution is -0.150. The molecular formula is C19H23NO3. The molecule has 0 radical (unpaired) electrons. The van der Waals surface area contributed by atoms with Crippen molar-refractivity contribution < 1.29 is 14.3 Å². The Balaban J connectivity index is 2.56. The predicted octanol–water partition coefficient (Wildman–Crippen LogP) is 3.49. The second-order valence-corrected chi connectivity index (χ2v) is 5.33. The molecule has 4 heteroatoms. The summed E-state index contributed by atoms with van der Waals surface area (Å²) in [6, 6.07) is 15.6. The van der Waals surface area contributed by atoms with E-state index in [1.807, 2.05) is 55.5 Å². The van der Waals surface area contributed by atoms with Crippen molar-refractivity contribution >= 4 is 5.97 Å². The van der Waals surface area contributed by atoms with Gasteiger partial charge in [-0.1, -0.05) is 43.3 Å². The molecule has 0 saturated carbocycles. The minimum absolute atomic E-state index is 0.290. The van der Waals surface area contributed by atoms with Gasteiger partial charge in [0.05, 0.1) is 13.7 Å². The number of hydrogen-bond acceptors (Lipinski definition) is 4. The third-order valence-corrected chi connectivity index (χ3v) is 3.98. The van der Waals surface area contributed by atoms with Crippen molar-refractivity contribution in [2.24, 2.45) is 5.73 Å². The molecule has 122 valence electrons. The second-order valence-electron chi connectivity index (χ2n) is 5.33. The molecule has 0 aliphatic heterocycles. The molecule has 1 unspecified atom stereocenters. The molecule has 1 atom stereocenters. The smallest absolute Gasteiger partial charge is 0.330 e. The number of ether oxygens (including phenoxy) is 2. The predicted molar refractivity (Wildman–Crippen MR) is 91.2 cm³/mol. The molecule has 0 aliphatic carbocycles. The van der Waals surface area contributed by atoms with Crippen molar-refractivity contribution in [3.8, 4) is 16.9 Å². The summed E-state index contributed by atoms with van der Waals surface area (Å²) < 4.78 is 10.6. The zero-order valence-corrected chi connectivity index (χ0v) is 13.8. The number of nitrogens with two attached hydrogens (primary N) is 1. The third-order valence-electron chi connectivity index (χ3n) is 3.98. The Kier molecular flexibility index (Phi) is 5.40. The third kappa shape index (κ3) is 3.37. The minimum Gasteiger partial charge on any atom is -0.496 e. The van der Waals surface area contributed by atoms with Gasteiger partial charge in [0.1, 0.15) is 11.3 Å². The summed E-state index contributed by atoms with van der Waals surface area (Å²) in [6.45, 7) is 3.93. The Bertz CT molecular complexity index is 670. The van der Waals surface area contributed by atoms with Crippen LogP contribution in [0.1, 0.15) is 25.8 Å². The number of carbonyl (C=O) groups is 1. The number of esters is 1. The average molecular weight is 313 g/mol. The van der Waals surface area contributed by atoms with Crippen LogP contribution in [0.3, 0.4) is 0 Å². The molecule has 0 spiro atoms. The molecule has 2 aromatic carbocycles. The second kappa shape index (κ2) is 7.29. The van der Waals surface area contributed by atoms with Crippen LogP contribution in [0.25, 0.3) is 11.1 Å². The van der Waals surface area contributed by atoms with Gasteiger partial charge in [-0.15, -0.1) is 0 Å². The van der Waals surface area contributed by atoms with Gasteiger partial charge in [-0.05, 0) is 36.6 Å². The first-order valence-corrected chi connectivity index (χ1v) is 7.76. The summed E-state index contributed by atoms with van der Waals surface area (Å²) in [5.41, 5.74) is 7.86. The number of rotatable bonds is 6. The number of hydrogen-bond donors (Lipinski definition) is 1. The fourth-order valence-corrected chi connectivity index (χ4v) is 2.57. The Hall–Kier alpha value is -2.33. The van der Waals surface area contributed by atoms with Gasteiger partial charge in [0.25, 0.3) is 0 Å². The maximum absolute atomic E-state index is 12.4. The zero-order chi connectivity index (χ0) is 16.9. The van der Waals surface area contributed by atoms with E-state index in [1.165, 1.54) is 0 Å². The minimum atomic E-state index is -1.23. The molecule has 0 bridgehead atoms. The fourth-order valence-electron chi connectivity index (χ4n) is 2.57. The first-order valence-electron chi connectivity index (χ1n) is 7.76. The molecule has 0 aliphatic rings. The van der Waals surface area contributed by atoms with Gasteiger partial charge in [-0.25, -0.2) is 4.79 Å². The van der Waals surface area contributed by atoms with Crippen LogP contribution >= 0.6 is 0 Å². The first-order chi connectivity index (χ1) is 11.1. The van der Waals surface area contributed by atoms with Gasteiger partial charge in [0, 0.05) is 5.56 Å². The zero-order valence-electron chi connectivity index (χ0n) is 13.8. The lowest BCUT2D eigenvalue weighted by atomic mass is 9.85. The van der Waals surface area contributed by atoms with Gasteiger partial charge in [0.15, 0.2) is 0 Å². The van der Waals surface area contributed by atoms with E-state index in [2.05, 4.69) is 0 Å². The number of methoxy groups -OCH3 is 1. The largest absolute Gasteiger partial charge is 0.496 e. The molecular weight excluding hydrogens is 290 g/mol. The lowest BCUT2D eigenvalue weighted by Crippen LogP contribution is -2.45. The van der Waals surface area contributed by atoms with E-state index < -0.39 is 11.5 Å². The Morgan fingerprint density at radius 1 is 1.09 bits per heavy atom. The van der Waals surface area contributed by atoms with Crippen molar-refractivity contribution in [2.45, 2.75) is 25.8 Å². The van der Waals surface area contributed by atoms with Crippen molar-refractivity contribution in [3.63, 3.8) is 0 Å². The molecule has 0 aromatic heterocycles. The summed E-state index contributed by atoms with van der Waals surface area (Å²) in [5, 5.41) is 0. The Morgan fingerprint density at radius 3 is 2.35 bits per heavy atom. The molecule has 0 fully saturated rings.